The molecule has 0 bridgehead atoms. The molecule has 4 rings (SSSR count). The third kappa shape index (κ3) is 1.08. The maximum absolute atomic E-state index is 2.62. The lowest BCUT2D eigenvalue weighted by molar-refractivity contribution is 0.565. The summed E-state index contributed by atoms with van der Waals surface area (Å²) in [7, 11) is 0.344. The van der Waals surface area contributed by atoms with E-state index in [0.717, 1.165) is 5.66 Å². The predicted octanol–water partition coefficient (Wildman–Crippen LogP) is 6.57. The first-order chi connectivity index (χ1) is 9.57. The molecule has 2 aliphatic heterocycles. The van der Waals surface area contributed by atoms with Crippen molar-refractivity contribution in [1.29, 1.82) is 0 Å². The SMILES string of the molecule is CC1=C(C)C(P2P3C4(C)C(C)=C(C)C2(C)C34C)C(C)=C1C. The Morgan fingerprint density at radius 1 is 0.714 bits per heavy atom. The normalized spacial score (nSPS) is 51.9. The molecule has 0 aromatic heterocycles. The molecule has 21 heavy (non-hydrogen) atoms. The van der Waals surface area contributed by atoms with Crippen molar-refractivity contribution in [3.05, 3.63) is 33.4 Å². The minimum Gasteiger partial charge on any atom is -0.0619 e. The maximum atomic E-state index is 2.62. The summed E-state index contributed by atoms with van der Waals surface area (Å²) in [6.45, 7) is 22.2. The van der Waals surface area contributed by atoms with Crippen molar-refractivity contribution in [3.8, 4) is 0 Å². The summed E-state index contributed by atoms with van der Waals surface area (Å²) in [5.41, 5.74) is 10.9. The molecule has 0 spiro atoms. The van der Waals surface area contributed by atoms with Gasteiger partial charge in [-0.1, -0.05) is 58.3 Å². The van der Waals surface area contributed by atoms with Gasteiger partial charge in [0, 0.05) is 21.1 Å². The average molecular weight is 318 g/mol. The molecule has 0 aromatic carbocycles. The van der Waals surface area contributed by atoms with E-state index in [-0.39, 0.29) is 15.2 Å². The van der Waals surface area contributed by atoms with Crippen LogP contribution in [0.4, 0.5) is 0 Å². The number of hydrogen-bond acceptors (Lipinski definition) is 0. The van der Waals surface area contributed by atoms with Crippen molar-refractivity contribution in [2.75, 3.05) is 0 Å². The van der Waals surface area contributed by atoms with Gasteiger partial charge in [0.25, 0.3) is 0 Å². The molecule has 114 valence electrons. The third-order valence-electron chi connectivity index (χ3n) is 8.20. The van der Waals surface area contributed by atoms with Crippen LogP contribution in [0.5, 0.6) is 0 Å². The number of hydrogen-bond donors (Lipinski definition) is 0. The first kappa shape index (κ1) is 14.7. The average Bonchev–Trinajstić information content (AvgIpc) is 2.81. The quantitative estimate of drug-likeness (QED) is 0.379. The van der Waals surface area contributed by atoms with Gasteiger partial charge in [0.05, 0.1) is 0 Å². The molecular weight excluding hydrogens is 290 g/mol. The molecule has 0 saturated carbocycles. The van der Waals surface area contributed by atoms with Crippen LogP contribution in [-0.2, 0) is 0 Å². The molecule has 5 atom stereocenters. The molecule has 0 nitrogen and oxygen atoms in total. The van der Waals surface area contributed by atoms with Crippen LogP contribution < -0.4 is 0 Å². The Bertz CT molecular complexity index is 670. The zero-order valence-electron chi connectivity index (χ0n) is 15.0. The lowest BCUT2D eigenvalue weighted by atomic mass is 9.88. The van der Waals surface area contributed by atoms with Gasteiger partial charge in [-0.2, -0.15) is 0 Å². The fraction of sp³-hybridized carbons (Fsp3) is 0.684. The highest BCUT2D eigenvalue weighted by Crippen LogP contribution is 3.18. The first-order valence-electron chi connectivity index (χ1n) is 8.21. The van der Waals surface area contributed by atoms with E-state index in [1.807, 2.05) is 0 Å². The molecule has 2 aliphatic carbocycles. The highest BCUT2D eigenvalue weighted by Gasteiger charge is 2.94. The molecular formula is C19H28P2. The van der Waals surface area contributed by atoms with Crippen LogP contribution in [0, 0.1) is 0 Å². The summed E-state index contributed by atoms with van der Waals surface area (Å²) in [5.74, 6) is 0. The van der Waals surface area contributed by atoms with Gasteiger partial charge in [-0.15, -0.1) is 0 Å². The number of rotatable bonds is 1. The van der Waals surface area contributed by atoms with Crippen LogP contribution in [0.1, 0.15) is 62.3 Å². The van der Waals surface area contributed by atoms with Crippen molar-refractivity contribution in [1.82, 2.24) is 0 Å². The summed E-state index contributed by atoms with van der Waals surface area (Å²) in [6.07, 6.45) is 0. The topological polar surface area (TPSA) is 0 Å². The summed E-state index contributed by atoms with van der Waals surface area (Å²) in [4.78, 5) is 0. The van der Waals surface area contributed by atoms with Crippen molar-refractivity contribution >= 4 is 15.2 Å². The van der Waals surface area contributed by atoms with E-state index in [2.05, 4.69) is 62.3 Å². The van der Waals surface area contributed by atoms with Crippen LogP contribution in [0.15, 0.2) is 33.4 Å². The first-order valence-corrected chi connectivity index (χ1v) is 11.7. The standard InChI is InChI=1S/C19H28P2/c1-10-11(2)13(4)16(12(10)3)20-17(7)14(5)15(6)18(8)19(17,9)21(18)20/h16H,1-9H3. The highest BCUT2D eigenvalue weighted by molar-refractivity contribution is 8.40. The van der Waals surface area contributed by atoms with Crippen molar-refractivity contribution in [3.63, 3.8) is 0 Å². The Kier molecular flexibility index (Phi) is 2.51. The van der Waals surface area contributed by atoms with E-state index in [1.165, 1.54) is 0 Å². The minimum absolute atomic E-state index is 0.114. The monoisotopic (exact) mass is 318 g/mol. The lowest BCUT2D eigenvalue weighted by Crippen LogP contribution is -2.45. The molecule has 0 aromatic rings. The van der Waals surface area contributed by atoms with Gasteiger partial charge in [0.2, 0.25) is 0 Å². The molecule has 0 radical (unpaired) electrons. The van der Waals surface area contributed by atoms with E-state index in [0.29, 0.717) is 15.5 Å². The molecule has 2 heterocycles. The Labute approximate surface area is 132 Å². The van der Waals surface area contributed by atoms with Crippen LogP contribution in [0.3, 0.4) is 0 Å². The second-order valence-corrected chi connectivity index (χ2v) is 15.1. The number of fused-ring (bicyclic) bond motifs is 1. The zero-order chi connectivity index (χ0) is 15.7. The third-order valence-corrected chi connectivity index (χ3v) is 20.5. The van der Waals surface area contributed by atoms with Crippen molar-refractivity contribution in [2.45, 2.75) is 83.4 Å². The van der Waals surface area contributed by atoms with E-state index in [1.54, 1.807) is 33.4 Å². The fourth-order valence-electron chi connectivity index (χ4n) is 5.94. The summed E-state index contributed by atoms with van der Waals surface area (Å²) in [6, 6.07) is 0. The largest absolute Gasteiger partial charge is 0.0619 e. The van der Waals surface area contributed by atoms with E-state index >= 15 is 0 Å². The molecule has 2 fully saturated rings. The lowest BCUT2D eigenvalue weighted by Gasteiger charge is -2.56. The van der Waals surface area contributed by atoms with E-state index in [4.69, 9.17) is 0 Å². The van der Waals surface area contributed by atoms with Gasteiger partial charge in [0.1, 0.15) is 0 Å². The number of allylic oxidation sites excluding steroid dienone is 6. The van der Waals surface area contributed by atoms with Gasteiger partial charge < -0.3 is 0 Å². The second kappa shape index (κ2) is 3.60. The van der Waals surface area contributed by atoms with E-state index < -0.39 is 0 Å². The molecule has 5 unspecified atom stereocenters. The van der Waals surface area contributed by atoms with Crippen molar-refractivity contribution < 1.29 is 0 Å². The van der Waals surface area contributed by atoms with Crippen LogP contribution in [0.25, 0.3) is 0 Å². The van der Waals surface area contributed by atoms with Gasteiger partial charge in [-0.3, -0.25) is 0 Å². The molecule has 0 N–H and O–H groups in total. The fourth-order valence-corrected chi connectivity index (χ4v) is 22.0. The van der Waals surface area contributed by atoms with E-state index in [9.17, 15) is 0 Å². The molecule has 4 aliphatic rings. The van der Waals surface area contributed by atoms with Gasteiger partial charge in [0.15, 0.2) is 0 Å². The second-order valence-electron chi connectivity index (χ2n) is 8.14. The Morgan fingerprint density at radius 2 is 1.14 bits per heavy atom. The van der Waals surface area contributed by atoms with Crippen LogP contribution >= 0.6 is 15.2 Å². The molecule has 2 saturated heterocycles. The van der Waals surface area contributed by atoms with Gasteiger partial charge in [-0.05, 0) is 52.7 Å². The maximum Gasteiger partial charge on any atom is 0.0263 e. The van der Waals surface area contributed by atoms with Crippen LogP contribution in [0.2, 0.25) is 0 Å². The van der Waals surface area contributed by atoms with Gasteiger partial charge >= 0.3 is 0 Å². The Balaban J connectivity index is 1.87. The summed E-state index contributed by atoms with van der Waals surface area (Å²) < 4.78 is 0. The summed E-state index contributed by atoms with van der Waals surface area (Å²) in [5, 5.41) is 1.74. The van der Waals surface area contributed by atoms with Crippen molar-refractivity contribution in [2.24, 2.45) is 0 Å². The predicted molar refractivity (Wildman–Crippen MR) is 98.0 cm³/mol. The smallest absolute Gasteiger partial charge is 0.0263 e. The highest BCUT2D eigenvalue weighted by atomic mass is 32.1. The molecule has 2 heteroatoms. The summed E-state index contributed by atoms with van der Waals surface area (Å²) >= 11 is 0. The van der Waals surface area contributed by atoms with Gasteiger partial charge in [-0.25, -0.2) is 0 Å². The Hall–Kier alpha value is 0.0800. The molecule has 0 amide bonds. The minimum atomic E-state index is 0.114. The van der Waals surface area contributed by atoms with Crippen LogP contribution in [-0.4, -0.2) is 21.1 Å². The Morgan fingerprint density at radius 3 is 1.52 bits per heavy atom. The zero-order valence-corrected chi connectivity index (χ0v) is 16.8.